The zero-order valence-corrected chi connectivity index (χ0v) is 14.4. The molecule has 0 radical (unpaired) electrons. The first-order chi connectivity index (χ1) is 9.60. The molecule has 0 saturated carbocycles. The summed E-state index contributed by atoms with van der Waals surface area (Å²) in [7, 11) is 0. The Bertz CT molecular complexity index is 560. The molecular formula is C15H19BrN2OS. The zero-order valence-electron chi connectivity index (χ0n) is 12.0. The van der Waals surface area contributed by atoms with E-state index in [1.807, 2.05) is 12.1 Å². The third kappa shape index (κ3) is 4.04. The fraction of sp³-hybridized carbons (Fsp3) is 0.400. The van der Waals surface area contributed by atoms with Gasteiger partial charge in [0.05, 0.1) is 5.69 Å². The van der Waals surface area contributed by atoms with Gasteiger partial charge in [0.15, 0.2) is 0 Å². The van der Waals surface area contributed by atoms with Crippen LogP contribution in [0.25, 0.3) is 0 Å². The maximum atomic E-state index is 5.83. The van der Waals surface area contributed by atoms with Crippen LogP contribution >= 0.6 is 27.3 Å². The van der Waals surface area contributed by atoms with E-state index < -0.39 is 0 Å². The lowest BCUT2D eigenvalue weighted by Gasteiger charge is -2.09. The van der Waals surface area contributed by atoms with E-state index in [0.29, 0.717) is 6.61 Å². The highest BCUT2D eigenvalue weighted by atomic mass is 79.9. The van der Waals surface area contributed by atoms with Crippen molar-refractivity contribution in [2.24, 2.45) is 0 Å². The molecular weight excluding hydrogens is 336 g/mol. The van der Waals surface area contributed by atoms with Gasteiger partial charge in [-0.05, 0) is 43.7 Å². The standard InChI is InChI=1S/C15H19BrN2OS/c1-4-17-7-14-18-12(9-20-14)8-19-13-5-10(2)15(16)11(3)6-13/h5-6,9,17H,4,7-8H2,1-3H3. The first-order valence-corrected chi connectivity index (χ1v) is 8.31. The molecule has 1 N–H and O–H groups in total. The average molecular weight is 355 g/mol. The lowest BCUT2D eigenvalue weighted by molar-refractivity contribution is 0.301. The molecule has 1 aromatic heterocycles. The summed E-state index contributed by atoms with van der Waals surface area (Å²) < 4.78 is 6.97. The van der Waals surface area contributed by atoms with Crippen molar-refractivity contribution in [3.63, 3.8) is 0 Å². The van der Waals surface area contributed by atoms with Crippen LogP contribution in [0.4, 0.5) is 0 Å². The Morgan fingerprint density at radius 1 is 1.30 bits per heavy atom. The summed E-state index contributed by atoms with van der Waals surface area (Å²) in [5.74, 6) is 0.893. The summed E-state index contributed by atoms with van der Waals surface area (Å²) in [4.78, 5) is 4.55. The number of thiazole rings is 1. The number of nitrogens with one attached hydrogen (secondary N) is 1. The van der Waals surface area contributed by atoms with Gasteiger partial charge in [-0.15, -0.1) is 11.3 Å². The number of benzene rings is 1. The number of hydrogen-bond donors (Lipinski definition) is 1. The largest absolute Gasteiger partial charge is 0.487 e. The van der Waals surface area contributed by atoms with Crippen molar-refractivity contribution in [3.05, 3.63) is 43.8 Å². The van der Waals surface area contributed by atoms with Gasteiger partial charge < -0.3 is 10.1 Å². The molecule has 0 aliphatic heterocycles. The normalized spacial score (nSPS) is 10.8. The van der Waals surface area contributed by atoms with E-state index in [1.165, 1.54) is 11.1 Å². The maximum Gasteiger partial charge on any atom is 0.131 e. The average Bonchev–Trinajstić information content (AvgIpc) is 2.88. The van der Waals surface area contributed by atoms with Crippen LogP contribution in [-0.4, -0.2) is 11.5 Å². The third-order valence-electron chi connectivity index (χ3n) is 2.92. The Hall–Kier alpha value is -0.910. The number of nitrogens with zero attached hydrogens (tertiary/aromatic N) is 1. The van der Waals surface area contributed by atoms with Gasteiger partial charge in [0, 0.05) is 16.4 Å². The molecule has 0 bridgehead atoms. The smallest absolute Gasteiger partial charge is 0.131 e. The predicted octanol–water partition coefficient (Wildman–Crippen LogP) is 4.21. The summed E-state index contributed by atoms with van der Waals surface area (Å²) >= 11 is 5.24. The first kappa shape index (κ1) is 15.5. The van der Waals surface area contributed by atoms with E-state index in [2.05, 4.69) is 52.4 Å². The van der Waals surface area contributed by atoms with Gasteiger partial charge in [0.25, 0.3) is 0 Å². The number of hydrogen-bond acceptors (Lipinski definition) is 4. The van der Waals surface area contributed by atoms with Crippen LogP contribution < -0.4 is 10.1 Å². The molecule has 108 valence electrons. The van der Waals surface area contributed by atoms with Gasteiger partial charge in [-0.1, -0.05) is 22.9 Å². The molecule has 1 heterocycles. The Balaban J connectivity index is 1.96. The Morgan fingerprint density at radius 3 is 2.65 bits per heavy atom. The molecule has 1 aromatic carbocycles. The van der Waals surface area contributed by atoms with Crippen molar-refractivity contribution in [1.29, 1.82) is 0 Å². The highest BCUT2D eigenvalue weighted by Crippen LogP contribution is 2.26. The minimum Gasteiger partial charge on any atom is -0.487 e. The van der Waals surface area contributed by atoms with E-state index in [1.54, 1.807) is 11.3 Å². The second-order valence-corrected chi connectivity index (χ2v) is 6.41. The van der Waals surface area contributed by atoms with Crippen molar-refractivity contribution >= 4 is 27.3 Å². The third-order valence-corrected chi connectivity index (χ3v) is 5.07. The fourth-order valence-electron chi connectivity index (χ4n) is 1.88. The van der Waals surface area contributed by atoms with Gasteiger partial charge in [-0.3, -0.25) is 0 Å². The molecule has 0 saturated heterocycles. The topological polar surface area (TPSA) is 34.2 Å². The van der Waals surface area contributed by atoms with Crippen LogP contribution in [-0.2, 0) is 13.2 Å². The monoisotopic (exact) mass is 354 g/mol. The summed E-state index contributed by atoms with van der Waals surface area (Å²) in [5, 5.41) is 6.44. The molecule has 0 aliphatic rings. The number of aryl methyl sites for hydroxylation is 2. The molecule has 2 aromatic rings. The van der Waals surface area contributed by atoms with Gasteiger partial charge >= 0.3 is 0 Å². The first-order valence-electron chi connectivity index (χ1n) is 6.63. The van der Waals surface area contributed by atoms with Gasteiger partial charge in [-0.25, -0.2) is 4.98 Å². The van der Waals surface area contributed by atoms with Crippen molar-refractivity contribution in [2.75, 3.05) is 6.54 Å². The maximum absolute atomic E-state index is 5.83. The molecule has 0 atom stereocenters. The van der Waals surface area contributed by atoms with E-state index in [0.717, 1.165) is 34.0 Å². The Morgan fingerprint density at radius 2 is 2.00 bits per heavy atom. The number of halogens is 1. The van der Waals surface area contributed by atoms with Crippen molar-refractivity contribution in [3.8, 4) is 5.75 Å². The molecule has 2 rings (SSSR count). The molecule has 0 aliphatic carbocycles. The summed E-state index contributed by atoms with van der Waals surface area (Å²) in [6.07, 6.45) is 0. The summed E-state index contributed by atoms with van der Waals surface area (Å²) in [5.41, 5.74) is 3.36. The Kier molecular flexibility index (Phi) is 5.57. The summed E-state index contributed by atoms with van der Waals surface area (Å²) in [6.45, 7) is 8.54. The lowest BCUT2D eigenvalue weighted by Crippen LogP contribution is -2.11. The van der Waals surface area contributed by atoms with E-state index in [9.17, 15) is 0 Å². The molecule has 0 spiro atoms. The van der Waals surface area contributed by atoms with Crippen molar-refractivity contribution in [2.45, 2.75) is 33.9 Å². The van der Waals surface area contributed by atoms with E-state index in [4.69, 9.17) is 4.74 Å². The predicted molar refractivity (Wildman–Crippen MR) is 87.4 cm³/mol. The van der Waals surface area contributed by atoms with Crippen LogP contribution in [0.3, 0.4) is 0 Å². The zero-order chi connectivity index (χ0) is 14.5. The highest BCUT2D eigenvalue weighted by Gasteiger charge is 2.05. The second-order valence-electron chi connectivity index (χ2n) is 4.67. The summed E-state index contributed by atoms with van der Waals surface area (Å²) in [6, 6.07) is 4.09. The molecule has 0 fully saturated rings. The number of rotatable bonds is 6. The molecule has 3 nitrogen and oxygen atoms in total. The highest BCUT2D eigenvalue weighted by molar-refractivity contribution is 9.10. The van der Waals surface area contributed by atoms with Crippen molar-refractivity contribution < 1.29 is 4.74 Å². The number of ether oxygens (including phenoxy) is 1. The minimum atomic E-state index is 0.517. The van der Waals surface area contributed by atoms with E-state index >= 15 is 0 Å². The SMILES string of the molecule is CCNCc1nc(COc2cc(C)c(Br)c(C)c2)cs1. The molecule has 0 unspecified atom stereocenters. The Labute approximate surface area is 132 Å². The van der Waals surface area contributed by atoms with Crippen LogP contribution in [0.2, 0.25) is 0 Å². The van der Waals surface area contributed by atoms with Gasteiger partial charge in [-0.2, -0.15) is 0 Å². The van der Waals surface area contributed by atoms with Crippen LogP contribution in [0.1, 0.15) is 28.8 Å². The van der Waals surface area contributed by atoms with Crippen molar-refractivity contribution in [1.82, 2.24) is 10.3 Å². The number of aromatic nitrogens is 1. The van der Waals surface area contributed by atoms with Gasteiger partial charge in [0.1, 0.15) is 17.4 Å². The quantitative estimate of drug-likeness (QED) is 0.843. The molecule has 20 heavy (non-hydrogen) atoms. The lowest BCUT2D eigenvalue weighted by atomic mass is 10.1. The minimum absolute atomic E-state index is 0.517. The second kappa shape index (κ2) is 7.20. The van der Waals surface area contributed by atoms with E-state index in [-0.39, 0.29) is 0 Å². The molecule has 5 heteroatoms. The van der Waals surface area contributed by atoms with Crippen LogP contribution in [0.15, 0.2) is 22.0 Å². The fourth-order valence-corrected chi connectivity index (χ4v) is 2.85. The van der Waals surface area contributed by atoms with Gasteiger partial charge in [0.2, 0.25) is 0 Å². The molecule has 0 amide bonds. The van der Waals surface area contributed by atoms with Crippen LogP contribution in [0, 0.1) is 13.8 Å². The van der Waals surface area contributed by atoms with Crippen LogP contribution in [0.5, 0.6) is 5.75 Å².